The Morgan fingerprint density at radius 3 is 2.78 bits per heavy atom. The highest BCUT2D eigenvalue weighted by atomic mass is 127. The van der Waals surface area contributed by atoms with Gasteiger partial charge in [-0.1, -0.05) is 6.92 Å². The summed E-state index contributed by atoms with van der Waals surface area (Å²) >= 11 is 5.60. The van der Waals surface area contributed by atoms with Gasteiger partial charge >= 0.3 is 0 Å². The van der Waals surface area contributed by atoms with Gasteiger partial charge in [-0.15, -0.1) is 0 Å². The highest BCUT2D eigenvalue weighted by Crippen LogP contribution is 2.21. The minimum Gasteiger partial charge on any atom is -0.269 e. The molecule has 2 aromatic heterocycles. The van der Waals surface area contributed by atoms with Crippen LogP contribution < -0.4 is 5.56 Å². The first-order chi connectivity index (χ1) is 8.52. The first kappa shape index (κ1) is 13.7. The number of aryl methyl sites for hydroxylation is 2. The van der Waals surface area contributed by atoms with Gasteiger partial charge in [0, 0.05) is 16.7 Å². The molecule has 0 aliphatic rings. The fourth-order valence-corrected chi connectivity index (χ4v) is 2.80. The number of aromatic nitrogens is 4. The van der Waals surface area contributed by atoms with Gasteiger partial charge < -0.3 is 0 Å². The van der Waals surface area contributed by atoms with Gasteiger partial charge in [-0.05, 0) is 44.9 Å². The summed E-state index contributed by atoms with van der Waals surface area (Å²) in [6.07, 6.45) is 2.52. The van der Waals surface area contributed by atoms with Gasteiger partial charge in [0.15, 0.2) is 0 Å². The lowest BCUT2D eigenvalue weighted by atomic mass is 10.3. The Bertz CT molecular complexity index is 634. The average Bonchev–Trinajstić information content (AvgIpc) is 2.59. The van der Waals surface area contributed by atoms with Crippen molar-refractivity contribution in [3.05, 3.63) is 42.0 Å². The second-order valence-corrected chi connectivity index (χ2v) is 5.89. The van der Waals surface area contributed by atoms with Gasteiger partial charge in [0.25, 0.3) is 5.56 Å². The Morgan fingerprint density at radius 2 is 2.22 bits per heavy atom. The third kappa shape index (κ3) is 2.66. The van der Waals surface area contributed by atoms with E-state index < -0.39 is 0 Å². The van der Waals surface area contributed by atoms with Crippen LogP contribution in [-0.4, -0.2) is 19.6 Å². The maximum atomic E-state index is 11.8. The van der Waals surface area contributed by atoms with E-state index >= 15 is 0 Å². The van der Waals surface area contributed by atoms with Gasteiger partial charge in [0.05, 0.1) is 28.6 Å². The van der Waals surface area contributed by atoms with Crippen molar-refractivity contribution in [1.29, 1.82) is 0 Å². The summed E-state index contributed by atoms with van der Waals surface area (Å²) in [6.45, 7) is 2.46. The van der Waals surface area contributed by atoms with Crippen molar-refractivity contribution in [2.75, 3.05) is 0 Å². The molecule has 0 spiro atoms. The Kier molecular flexibility index (Phi) is 4.21. The molecule has 0 bridgehead atoms. The highest BCUT2D eigenvalue weighted by Gasteiger charge is 2.13. The van der Waals surface area contributed by atoms with Crippen LogP contribution in [0.5, 0.6) is 0 Å². The van der Waals surface area contributed by atoms with E-state index in [9.17, 15) is 4.79 Å². The van der Waals surface area contributed by atoms with E-state index in [1.54, 1.807) is 16.9 Å². The Balaban J connectivity index is 2.40. The molecule has 2 aromatic rings. The van der Waals surface area contributed by atoms with Crippen LogP contribution in [0.25, 0.3) is 0 Å². The molecule has 0 fully saturated rings. The van der Waals surface area contributed by atoms with Crippen molar-refractivity contribution >= 4 is 38.5 Å². The lowest BCUT2D eigenvalue weighted by molar-refractivity contribution is 0.587. The van der Waals surface area contributed by atoms with Gasteiger partial charge in [-0.25, -0.2) is 4.68 Å². The van der Waals surface area contributed by atoms with Crippen LogP contribution in [-0.2, 0) is 20.0 Å². The predicted octanol–water partition coefficient (Wildman–Crippen LogP) is 1.95. The van der Waals surface area contributed by atoms with Crippen LogP contribution in [0, 0.1) is 3.57 Å². The summed E-state index contributed by atoms with van der Waals surface area (Å²) in [5.74, 6) is 0. The Hall–Kier alpha value is -0.700. The largest absolute Gasteiger partial charge is 0.269 e. The molecule has 0 atom stereocenters. The topological polar surface area (TPSA) is 52.7 Å². The zero-order valence-electron chi connectivity index (χ0n) is 10.0. The minimum absolute atomic E-state index is 0.104. The molecule has 0 aliphatic heterocycles. The zero-order chi connectivity index (χ0) is 13.3. The molecular weight excluding hydrogens is 411 g/mol. The predicted molar refractivity (Wildman–Crippen MR) is 80.6 cm³/mol. The molecule has 0 N–H and O–H groups in total. The molecule has 2 heterocycles. The molecule has 0 saturated heterocycles. The lowest BCUT2D eigenvalue weighted by Crippen LogP contribution is -2.24. The second-order valence-electron chi connectivity index (χ2n) is 3.85. The quantitative estimate of drug-likeness (QED) is 0.710. The highest BCUT2D eigenvalue weighted by molar-refractivity contribution is 14.1. The molecule has 0 radical (unpaired) electrons. The molecule has 18 heavy (non-hydrogen) atoms. The second kappa shape index (κ2) is 5.52. The summed E-state index contributed by atoms with van der Waals surface area (Å²) in [5, 5.41) is 8.52. The van der Waals surface area contributed by atoms with Crippen LogP contribution in [0.2, 0.25) is 0 Å². The summed E-state index contributed by atoms with van der Waals surface area (Å²) in [7, 11) is 1.87. The molecular formula is C11H12BrIN4O. The summed E-state index contributed by atoms with van der Waals surface area (Å²) < 4.78 is 5.02. The van der Waals surface area contributed by atoms with Crippen LogP contribution >= 0.6 is 38.5 Å². The fourth-order valence-electron chi connectivity index (χ4n) is 1.66. The van der Waals surface area contributed by atoms with Crippen molar-refractivity contribution in [3.8, 4) is 0 Å². The van der Waals surface area contributed by atoms with Crippen molar-refractivity contribution in [3.63, 3.8) is 0 Å². The zero-order valence-corrected chi connectivity index (χ0v) is 13.8. The molecule has 2 rings (SSSR count). The number of hydrogen-bond donors (Lipinski definition) is 0. The SMILES string of the molecule is CCc1nn(C)c(Cn2ncc(I)cc2=O)c1Br. The third-order valence-electron chi connectivity index (χ3n) is 2.64. The molecule has 0 aromatic carbocycles. The van der Waals surface area contributed by atoms with Gasteiger partial charge in [-0.3, -0.25) is 9.48 Å². The monoisotopic (exact) mass is 422 g/mol. The van der Waals surface area contributed by atoms with Crippen LogP contribution in [0.1, 0.15) is 18.3 Å². The van der Waals surface area contributed by atoms with Crippen molar-refractivity contribution < 1.29 is 0 Å². The third-order valence-corrected chi connectivity index (χ3v) is 4.14. The lowest BCUT2D eigenvalue weighted by Gasteiger charge is -2.05. The minimum atomic E-state index is -0.104. The van der Waals surface area contributed by atoms with Crippen molar-refractivity contribution in [2.45, 2.75) is 19.9 Å². The van der Waals surface area contributed by atoms with E-state index in [4.69, 9.17) is 0 Å². The Morgan fingerprint density at radius 1 is 1.50 bits per heavy atom. The molecule has 0 unspecified atom stereocenters. The number of hydrogen-bond acceptors (Lipinski definition) is 3. The summed E-state index contributed by atoms with van der Waals surface area (Å²) in [4.78, 5) is 11.8. The summed E-state index contributed by atoms with van der Waals surface area (Å²) in [5.41, 5.74) is 1.83. The van der Waals surface area contributed by atoms with Crippen LogP contribution in [0.3, 0.4) is 0 Å². The molecule has 0 aliphatic carbocycles. The molecule has 0 amide bonds. The number of halogens is 2. The molecule has 96 valence electrons. The van der Waals surface area contributed by atoms with E-state index in [2.05, 4.69) is 48.7 Å². The number of nitrogens with zero attached hydrogens (tertiary/aromatic N) is 4. The van der Waals surface area contributed by atoms with Crippen LogP contribution in [0.4, 0.5) is 0 Å². The van der Waals surface area contributed by atoms with Crippen molar-refractivity contribution in [2.24, 2.45) is 7.05 Å². The standard InChI is InChI=1S/C11H12BrIN4O/c1-3-8-11(12)9(16(2)15-8)6-17-10(18)4-7(13)5-14-17/h4-5H,3,6H2,1-2H3. The maximum absolute atomic E-state index is 11.8. The van der Waals surface area contributed by atoms with E-state index in [1.165, 1.54) is 4.68 Å². The Labute approximate surface area is 126 Å². The number of rotatable bonds is 3. The van der Waals surface area contributed by atoms with Gasteiger partial charge in [0.1, 0.15) is 0 Å². The van der Waals surface area contributed by atoms with Crippen LogP contribution in [0.15, 0.2) is 21.5 Å². The first-order valence-corrected chi connectivity index (χ1v) is 7.33. The van der Waals surface area contributed by atoms with Crippen molar-refractivity contribution in [1.82, 2.24) is 19.6 Å². The normalized spacial score (nSPS) is 10.9. The van der Waals surface area contributed by atoms with E-state index in [0.717, 1.165) is 25.9 Å². The average molecular weight is 423 g/mol. The van der Waals surface area contributed by atoms with E-state index in [-0.39, 0.29) is 5.56 Å². The smallest absolute Gasteiger partial charge is 0.268 e. The molecule has 0 saturated carbocycles. The maximum Gasteiger partial charge on any atom is 0.268 e. The fraction of sp³-hybridized carbons (Fsp3) is 0.364. The van der Waals surface area contributed by atoms with E-state index in [0.29, 0.717) is 6.54 Å². The molecule has 5 nitrogen and oxygen atoms in total. The summed E-state index contributed by atoms with van der Waals surface area (Å²) in [6, 6.07) is 1.57. The van der Waals surface area contributed by atoms with Gasteiger partial charge in [0.2, 0.25) is 0 Å². The van der Waals surface area contributed by atoms with E-state index in [1.807, 2.05) is 14.0 Å². The first-order valence-electron chi connectivity index (χ1n) is 5.45. The van der Waals surface area contributed by atoms with Gasteiger partial charge in [-0.2, -0.15) is 10.2 Å². The molecule has 7 heteroatoms.